The smallest absolute Gasteiger partial charge is 0.335 e. The standard InChI is InChI=1S/2C18H26N2O3S.C17H23FN2O3S.C17H26N2O4S.C14H20N2O3S.2O2S/c2*1-15-2-6-17(7-3-15)24(21,22)20-12-13-23-18(20)8-10-19(11-9-18)14-16-4-5-16;18-15-3-5-16(6-4-15)24(21,22)20-11-12-23-17(20)7-9-19(10-8-17)13-14-1-2-14;1-14(2)18-10-8-17(9-11-18)19(12-13-23-17)24(20,21)16-6-4-15(22-3)5-7-16;1-12-2-4-13(5-3-12)20(17,18)16-10-11-19-14(16)6-8-15-9-7-14;2*1-3-2/h2*2-3,6-7,16H,4-5,8-14H2,1H3;3-6,14H,1-2,7-13H2;4-7,14H,8-13H2,1-3H3;2-5,15H,6-11H2,1H3;;. The van der Waals surface area contributed by atoms with Crippen molar-refractivity contribution in [2.24, 2.45) is 17.8 Å². The van der Waals surface area contributed by atoms with E-state index in [0.717, 1.165) is 132 Å². The van der Waals surface area contributed by atoms with Crippen LogP contribution in [0.1, 0.15) is 133 Å². The predicted molar refractivity (Wildman–Crippen MR) is 457 cm³/mol. The Morgan fingerprint density at radius 2 is 0.582 bits per heavy atom. The number of ether oxygens (including phenoxy) is 6. The topological polar surface area (TPSA) is 336 Å². The fourth-order valence-electron chi connectivity index (χ4n) is 18.2. The number of likely N-dealkylation sites (tertiary alicyclic amines) is 4. The van der Waals surface area contributed by atoms with Crippen molar-refractivity contribution in [1.82, 2.24) is 46.4 Å². The van der Waals surface area contributed by atoms with Gasteiger partial charge < -0.3 is 53.3 Å². The van der Waals surface area contributed by atoms with Gasteiger partial charge in [0.25, 0.3) is 0 Å². The Balaban J connectivity index is 0.000000137. The van der Waals surface area contributed by atoms with Gasteiger partial charge >= 0.3 is 23.1 Å². The van der Waals surface area contributed by atoms with E-state index in [0.29, 0.717) is 136 Å². The number of hydrogen-bond donors (Lipinski definition) is 1. The maximum absolute atomic E-state index is 13.1. The monoisotopic (exact) mass is 1830 g/mol. The summed E-state index contributed by atoms with van der Waals surface area (Å²) in [6.07, 6.45) is 15.4. The number of benzene rings is 5. The molecule has 676 valence electrons. The van der Waals surface area contributed by atoms with Gasteiger partial charge in [-0.25, -0.2) is 46.5 Å². The predicted octanol–water partition coefficient (Wildman–Crippen LogP) is 8.16. The molecule has 13 aliphatic rings. The fraction of sp³-hybridized carbons (Fsp3) is 0.643. The summed E-state index contributed by atoms with van der Waals surface area (Å²) >= 11 is -1.50. The molecule has 13 fully saturated rings. The van der Waals surface area contributed by atoms with Crippen molar-refractivity contribution >= 4 is 73.3 Å². The van der Waals surface area contributed by atoms with Crippen molar-refractivity contribution in [1.29, 1.82) is 0 Å². The Kier molecular flexibility index (Phi) is 32.5. The number of nitrogens with one attached hydrogen (secondary N) is 1. The van der Waals surface area contributed by atoms with E-state index >= 15 is 0 Å². The average Bonchev–Trinajstić information content (AvgIpc) is 1.55. The first-order valence-electron chi connectivity index (χ1n) is 42.6. The fourth-order valence-corrected chi connectivity index (χ4v) is 26.8. The Morgan fingerprint density at radius 3 is 0.811 bits per heavy atom. The first kappa shape index (κ1) is 95.7. The van der Waals surface area contributed by atoms with Crippen molar-refractivity contribution < 1.29 is 91.7 Å². The molecule has 3 saturated carbocycles. The summed E-state index contributed by atoms with van der Waals surface area (Å²) in [5, 5.41) is 3.25. The average molecular weight is 1830 g/mol. The summed E-state index contributed by atoms with van der Waals surface area (Å²) in [6, 6.07) is 33.3. The zero-order chi connectivity index (χ0) is 87.4. The minimum atomic E-state index is -3.67. The van der Waals surface area contributed by atoms with Crippen LogP contribution >= 0.6 is 0 Å². The van der Waals surface area contributed by atoms with Crippen LogP contribution in [0.5, 0.6) is 5.75 Å². The number of hydrogen-bond acceptors (Lipinski definition) is 25. The Bertz CT molecular complexity index is 4630. The summed E-state index contributed by atoms with van der Waals surface area (Å²) in [6.45, 7) is 26.9. The summed E-state index contributed by atoms with van der Waals surface area (Å²) in [5.41, 5.74) is -0.150. The van der Waals surface area contributed by atoms with Crippen molar-refractivity contribution in [3.8, 4) is 5.75 Å². The molecule has 5 aromatic carbocycles. The molecule has 0 bridgehead atoms. The summed E-state index contributed by atoms with van der Waals surface area (Å²) in [7, 11) is -16.2. The van der Waals surface area contributed by atoms with Crippen molar-refractivity contribution in [2.75, 3.05) is 158 Å². The van der Waals surface area contributed by atoms with E-state index in [1.807, 2.05) is 57.2 Å². The normalized spacial score (nSPS) is 23.4. The van der Waals surface area contributed by atoms with Crippen LogP contribution in [0.15, 0.2) is 146 Å². The molecule has 3 aliphatic carbocycles. The van der Waals surface area contributed by atoms with Crippen LogP contribution in [0.3, 0.4) is 0 Å². The molecule has 0 aromatic heterocycles. The zero-order valence-electron chi connectivity index (χ0n) is 70.9. The van der Waals surface area contributed by atoms with Crippen LogP contribution in [-0.4, -0.2) is 293 Å². The number of rotatable bonds is 18. The summed E-state index contributed by atoms with van der Waals surface area (Å²) < 4.78 is 219. The molecule has 0 unspecified atom stereocenters. The lowest BCUT2D eigenvalue weighted by atomic mass is 10.00. The Hall–Kier alpha value is -5.38. The van der Waals surface area contributed by atoms with Gasteiger partial charge in [0.2, 0.25) is 50.1 Å². The van der Waals surface area contributed by atoms with E-state index < -0.39 is 108 Å². The van der Waals surface area contributed by atoms with Crippen LogP contribution in [0.4, 0.5) is 4.39 Å². The molecular formula is C84H121FN10O20S7. The molecule has 122 heavy (non-hydrogen) atoms. The second-order valence-electron chi connectivity index (χ2n) is 34.2. The SMILES string of the molecule is COc1ccc(S(=O)(=O)N2CCOC23CCN(C(C)C)CC3)cc1.Cc1ccc(S(=O)(=O)N2CCOC23CCN(CC2CC2)CC3)cc1.Cc1ccc(S(=O)(=O)N2CCOC23CCN(CC2CC2)CC3)cc1.Cc1ccc(S(=O)(=O)N2CCOC23CCNCC3)cc1.O=S(=O)(c1ccc(F)cc1)N1CCOC12CCN(CC1CC1)CC2.O=S=O.O=S=O. The van der Waals surface area contributed by atoms with Gasteiger partial charge in [0.15, 0.2) is 0 Å². The van der Waals surface area contributed by atoms with Crippen molar-refractivity contribution in [3.05, 3.63) is 144 Å². The van der Waals surface area contributed by atoms with Gasteiger partial charge in [0.1, 0.15) is 40.2 Å². The van der Waals surface area contributed by atoms with Gasteiger partial charge in [-0.3, -0.25) is 0 Å². The Labute approximate surface area is 728 Å². The molecule has 10 heterocycles. The molecule has 10 saturated heterocycles. The van der Waals surface area contributed by atoms with Crippen LogP contribution in [-0.2, 0) is 96.9 Å². The maximum atomic E-state index is 13.1. The number of aryl methyl sites for hydroxylation is 3. The van der Waals surface area contributed by atoms with E-state index in [9.17, 15) is 46.5 Å². The molecule has 0 amide bonds. The molecule has 38 heteroatoms. The first-order valence-corrected chi connectivity index (χ1v) is 51.2. The second kappa shape index (κ2) is 41.4. The highest BCUT2D eigenvalue weighted by atomic mass is 32.2. The van der Waals surface area contributed by atoms with E-state index in [1.54, 1.807) is 85.0 Å². The highest BCUT2D eigenvalue weighted by molar-refractivity contribution is 7.90. The Morgan fingerprint density at radius 1 is 0.361 bits per heavy atom. The second-order valence-corrected chi connectivity index (χ2v) is 43.8. The highest BCUT2D eigenvalue weighted by Crippen LogP contribution is 2.46. The van der Waals surface area contributed by atoms with Crippen LogP contribution in [0.2, 0.25) is 0 Å². The maximum Gasteiger partial charge on any atom is 0.335 e. The molecule has 5 spiro atoms. The van der Waals surface area contributed by atoms with Gasteiger partial charge in [-0.1, -0.05) is 53.1 Å². The molecule has 10 aliphatic heterocycles. The summed E-state index contributed by atoms with van der Waals surface area (Å²) in [4.78, 5) is 11.3. The van der Waals surface area contributed by atoms with Gasteiger partial charge in [-0.2, -0.15) is 38.4 Å². The lowest BCUT2D eigenvalue weighted by molar-refractivity contribution is -0.0943. The minimum Gasteiger partial charge on any atom is -0.497 e. The van der Waals surface area contributed by atoms with Gasteiger partial charge in [0, 0.05) is 175 Å². The number of nitrogens with zero attached hydrogens (tertiary/aromatic N) is 9. The van der Waals surface area contributed by atoms with E-state index in [-0.39, 0.29) is 4.90 Å². The highest BCUT2D eigenvalue weighted by Gasteiger charge is 2.56. The number of piperidine rings is 5. The largest absolute Gasteiger partial charge is 0.497 e. The molecule has 0 atom stereocenters. The van der Waals surface area contributed by atoms with Crippen LogP contribution in [0.25, 0.3) is 0 Å². The third kappa shape index (κ3) is 22.8. The molecular weight excluding hydrogens is 1710 g/mol. The molecule has 30 nitrogen and oxygen atoms in total. The molecule has 0 radical (unpaired) electrons. The number of methoxy groups -OCH3 is 1. The lowest BCUT2D eigenvalue weighted by Gasteiger charge is -2.44. The molecule has 5 aromatic rings. The van der Waals surface area contributed by atoms with Crippen molar-refractivity contribution in [3.63, 3.8) is 0 Å². The van der Waals surface area contributed by atoms with E-state index in [2.05, 4.69) is 38.8 Å². The third-order valence-electron chi connectivity index (χ3n) is 25.7. The first-order chi connectivity index (χ1) is 58.2. The zero-order valence-corrected chi connectivity index (χ0v) is 76.6. The van der Waals surface area contributed by atoms with Gasteiger partial charge in [-0.15, -0.1) is 0 Å². The third-order valence-corrected chi connectivity index (χ3v) is 35.5. The van der Waals surface area contributed by atoms with E-state index in [4.69, 9.17) is 45.3 Å². The molecule has 18 rings (SSSR count). The minimum absolute atomic E-state index is 0.134. The number of halogens is 1. The number of sulfonamides is 5. The van der Waals surface area contributed by atoms with E-state index in [1.165, 1.54) is 80.2 Å². The molecule has 1 N–H and O–H groups in total. The summed E-state index contributed by atoms with van der Waals surface area (Å²) in [5.74, 6) is 2.79. The van der Waals surface area contributed by atoms with Crippen LogP contribution < -0.4 is 10.1 Å². The van der Waals surface area contributed by atoms with Crippen molar-refractivity contribution in [2.45, 2.75) is 196 Å². The lowest BCUT2D eigenvalue weighted by Crippen LogP contribution is -2.55. The van der Waals surface area contributed by atoms with Gasteiger partial charge in [-0.05, 0) is 189 Å². The quantitative estimate of drug-likeness (QED) is 0.0864. The van der Waals surface area contributed by atoms with Crippen LogP contribution in [0, 0.1) is 44.3 Å². The van der Waals surface area contributed by atoms with Gasteiger partial charge in [0.05, 0.1) is 64.6 Å².